The summed E-state index contributed by atoms with van der Waals surface area (Å²) in [5.74, 6) is -0.200. The summed E-state index contributed by atoms with van der Waals surface area (Å²) in [7, 11) is 0. The predicted octanol–water partition coefficient (Wildman–Crippen LogP) is 2.33. The first kappa shape index (κ1) is 19.5. The third-order valence-electron chi connectivity index (χ3n) is 4.73. The molecule has 3 rings (SSSR count). The van der Waals surface area contributed by atoms with Gasteiger partial charge in [0.1, 0.15) is 11.5 Å². The van der Waals surface area contributed by atoms with Gasteiger partial charge in [0.15, 0.2) is 0 Å². The lowest BCUT2D eigenvalue weighted by Gasteiger charge is -2.34. The first-order valence-corrected chi connectivity index (χ1v) is 9.45. The molecule has 1 saturated heterocycles. The highest BCUT2D eigenvalue weighted by Crippen LogP contribution is 2.13. The number of benzene rings is 1. The average molecular weight is 374 g/mol. The summed E-state index contributed by atoms with van der Waals surface area (Å²) in [6, 6.07) is 8.53. The molecule has 2 heterocycles. The Hall–Kier alpha value is -2.25. The highest BCUT2D eigenvalue weighted by molar-refractivity contribution is 5.92. The van der Waals surface area contributed by atoms with Gasteiger partial charge in [-0.15, -0.1) is 0 Å². The van der Waals surface area contributed by atoms with Crippen LogP contribution in [0.15, 0.2) is 30.3 Å². The van der Waals surface area contributed by atoms with Crippen LogP contribution in [-0.2, 0) is 17.8 Å². The van der Waals surface area contributed by atoms with Gasteiger partial charge in [0, 0.05) is 39.3 Å². The minimum atomic E-state index is -0.211. The summed E-state index contributed by atoms with van der Waals surface area (Å²) >= 11 is 0. The Balaban J connectivity index is 1.57. The molecule has 0 atom stereocenters. The third kappa shape index (κ3) is 5.14. The predicted molar refractivity (Wildman–Crippen MR) is 101 cm³/mol. The number of ether oxygens (including phenoxy) is 1. The van der Waals surface area contributed by atoms with E-state index in [4.69, 9.17) is 4.74 Å². The zero-order chi connectivity index (χ0) is 19.2. The summed E-state index contributed by atoms with van der Waals surface area (Å²) in [6.07, 6.45) is 0. The van der Waals surface area contributed by atoms with Gasteiger partial charge in [-0.25, -0.2) is 4.39 Å². The van der Waals surface area contributed by atoms with Gasteiger partial charge < -0.3 is 9.64 Å². The van der Waals surface area contributed by atoms with E-state index in [1.54, 1.807) is 16.8 Å². The number of hydrogen-bond donors (Lipinski definition) is 0. The molecule has 146 valence electrons. The Morgan fingerprint density at radius 2 is 2.00 bits per heavy atom. The number of rotatable bonds is 7. The molecule has 0 radical (unpaired) electrons. The molecular weight excluding hydrogens is 347 g/mol. The SMILES string of the molecule is CCOCCn1nc(C)cc1C(=O)N1CCN(Cc2cccc(F)c2)CC1. The van der Waals surface area contributed by atoms with Crippen molar-refractivity contribution in [2.75, 3.05) is 39.4 Å². The molecule has 0 N–H and O–H groups in total. The summed E-state index contributed by atoms with van der Waals surface area (Å²) in [4.78, 5) is 17.0. The van der Waals surface area contributed by atoms with Crippen LogP contribution < -0.4 is 0 Å². The van der Waals surface area contributed by atoms with Gasteiger partial charge in [-0.05, 0) is 37.6 Å². The Morgan fingerprint density at radius 1 is 1.22 bits per heavy atom. The molecule has 27 heavy (non-hydrogen) atoms. The van der Waals surface area contributed by atoms with E-state index >= 15 is 0 Å². The fraction of sp³-hybridized carbons (Fsp3) is 0.500. The van der Waals surface area contributed by atoms with E-state index in [2.05, 4.69) is 10.00 Å². The number of aryl methyl sites for hydroxylation is 1. The van der Waals surface area contributed by atoms with Gasteiger partial charge in [0.2, 0.25) is 0 Å². The van der Waals surface area contributed by atoms with Crippen LogP contribution >= 0.6 is 0 Å². The molecule has 1 aliphatic rings. The molecule has 0 bridgehead atoms. The van der Waals surface area contributed by atoms with Crippen molar-refractivity contribution in [3.05, 3.63) is 53.1 Å². The van der Waals surface area contributed by atoms with E-state index in [1.807, 2.05) is 30.9 Å². The number of piperazine rings is 1. The monoisotopic (exact) mass is 374 g/mol. The first-order valence-electron chi connectivity index (χ1n) is 9.45. The van der Waals surface area contributed by atoms with Crippen molar-refractivity contribution < 1.29 is 13.9 Å². The largest absolute Gasteiger partial charge is 0.380 e. The van der Waals surface area contributed by atoms with Crippen LogP contribution in [0.1, 0.15) is 28.7 Å². The molecule has 2 aromatic rings. The van der Waals surface area contributed by atoms with Crippen molar-refractivity contribution in [2.45, 2.75) is 26.9 Å². The summed E-state index contributed by atoms with van der Waals surface area (Å²) in [6.45, 7) is 9.16. The quantitative estimate of drug-likeness (QED) is 0.698. The Kier molecular flexibility index (Phi) is 6.58. The van der Waals surface area contributed by atoms with Crippen molar-refractivity contribution in [3.8, 4) is 0 Å². The number of halogens is 1. The van der Waals surface area contributed by atoms with E-state index in [0.29, 0.717) is 45.1 Å². The average Bonchev–Trinajstić information content (AvgIpc) is 3.03. The molecule has 7 heteroatoms. The molecule has 0 unspecified atom stereocenters. The highest BCUT2D eigenvalue weighted by atomic mass is 19.1. The smallest absolute Gasteiger partial charge is 0.272 e. The summed E-state index contributed by atoms with van der Waals surface area (Å²) < 4.78 is 20.5. The lowest BCUT2D eigenvalue weighted by molar-refractivity contribution is 0.0612. The number of carbonyl (C=O) groups is 1. The van der Waals surface area contributed by atoms with Gasteiger partial charge in [0.05, 0.1) is 18.8 Å². The second-order valence-electron chi connectivity index (χ2n) is 6.79. The van der Waals surface area contributed by atoms with Gasteiger partial charge >= 0.3 is 0 Å². The van der Waals surface area contributed by atoms with E-state index < -0.39 is 0 Å². The second kappa shape index (κ2) is 9.10. The molecule has 1 amide bonds. The van der Waals surface area contributed by atoms with Crippen LogP contribution in [0, 0.1) is 12.7 Å². The molecule has 0 spiro atoms. The molecule has 1 aromatic carbocycles. The highest BCUT2D eigenvalue weighted by Gasteiger charge is 2.25. The van der Waals surface area contributed by atoms with Gasteiger partial charge in [-0.1, -0.05) is 12.1 Å². The molecule has 6 nitrogen and oxygen atoms in total. The lowest BCUT2D eigenvalue weighted by atomic mass is 10.2. The fourth-order valence-corrected chi connectivity index (χ4v) is 3.35. The zero-order valence-corrected chi connectivity index (χ0v) is 16.0. The Labute approximate surface area is 159 Å². The van der Waals surface area contributed by atoms with Crippen LogP contribution in [0.3, 0.4) is 0 Å². The standard InChI is InChI=1S/C20H27FN4O2/c1-3-27-12-11-25-19(13-16(2)22-25)20(26)24-9-7-23(8-10-24)15-17-5-4-6-18(21)14-17/h4-6,13-14H,3,7-12,15H2,1-2H3. The number of carbonyl (C=O) groups excluding carboxylic acids is 1. The normalized spacial score (nSPS) is 15.3. The van der Waals surface area contributed by atoms with Gasteiger partial charge in [-0.3, -0.25) is 14.4 Å². The third-order valence-corrected chi connectivity index (χ3v) is 4.73. The van der Waals surface area contributed by atoms with Crippen LogP contribution in [-0.4, -0.2) is 64.9 Å². The number of aromatic nitrogens is 2. The molecule has 1 aromatic heterocycles. The van der Waals surface area contributed by atoms with Crippen molar-refractivity contribution >= 4 is 5.91 Å². The molecule has 0 aliphatic carbocycles. The van der Waals surface area contributed by atoms with E-state index in [-0.39, 0.29) is 11.7 Å². The van der Waals surface area contributed by atoms with E-state index in [9.17, 15) is 9.18 Å². The molecule has 0 saturated carbocycles. The van der Waals surface area contributed by atoms with Crippen molar-refractivity contribution in [3.63, 3.8) is 0 Å². The van der Waals surface area contributed by atoms with Gasteiger partial charge in [-0.2, -0.15) is 5.10 Å². The minimum Gasteiger partial charge on any atom is -0.380 e. The first-order chi connectivity index (χ1) is 13.1. The minimum absolute atomic E-state index is 0.0116. The Bertz CT molecular complexity index is 769. The molecule has 1 fully saturated rings. The van der Waals surface area contributed by atoms with Crippen LogP contribution in [0.2, 0.25) is 0 Å². The topological polar surface area (TPSA) is 50.6 Å². The lowest BCUT2D eigenvalue weighted by Crippen LogP contribution is -2.48. The number of amides is 1. The van der Waals surface area contributed by atoms with Crippen LogP contribution in [0.5, 0.6) is 0 Å². The maximum absolute atomic E-state index is 13.3. The van der Waals surface area contributed by atoms with Crippen molar-refractivity contribution in [1.82, 2.24) is 19.6 Å². The van der Waals surface area contributed by atoms with Gasteiger partial charge in [0.25, 0.3) is 5.91 Å². The summed E-state index contributed by atoms with van der Waals surface area (Å²) in [5.41, 5.74) is 2.41. The van der Waals surface area contributed by atoms with Crippen molar-refractivity contribution in [2.24, 2.45) is 0 Å². The Morgan fingerprint density at radius 3 is 2.70 bits per heavy atom. The number of hydrogen-bond acceptors (Lipinski definition) is 4. The van der Waals surface area contributed by atoms with E-state index in [1.165, 1.54) is 6.07 Å². The maximum Gasteiger partial charge on any atom is 0.272 e. The number of nitrogens with zero attached hydrogens (tertiary/aromatic N) is 4. The summed E-state index contributed by atoms with van der Waals surface area (Å²) in [5, 5.41) is 4.42. The van der Waals surface area contributed by atoms with E-state index in [0.717, 1.165) is 24.3 Å². The second-order valence-corrected chi connectivity index (χ2v) is 6.79. The molecule has 1 aliphatic heterocycles. The zero-order valence-electron chi connectivity index (χ0n) is 16.0. The fourth-order valence-electron chi connectivity index (χ4n) is 3.35. The van der Waals surface area contributed by atoms with Crippen LogP contribution in [0.25, 0.3) is 0 Å². The van der Waals surface area contributed by atoms with Crippen molar-refractivity contribution in [1.29, 1.82) is 0 Å². The maximum atomic E-state index is 13.3. The van der Waals surface area contributed by atoms with Crippen LogP contribution in [0.4, 0.5) is 4.39 Å². The molecular formula is C20H27FN4O2.